The lowest BCUT2D eigenvalue weighted by atomic mass is 9.32. The number of allylic oxidation sites excluding steroid dienone is 1. The highest BCUT2D eigenvalue weighted by molar-refractivity contribution is 5.73. The lowest BCUT2D eigenvalue weighted by Gasteiger charge is -2.73. The molecule has 0 radical (unpaired) electrons. The molecule has 16 N–H and O–H groups in total. The molecule has 30 atom stereocenters. The molecule has 442 valence electrons. The average Bonchev–Trinajstić information content (AvgIpc) is 3.57. The second-order valence-corrected chi connectivity index (χ2v) is 25.7. The second kappa shape index (κ2) is 21.2. The molecular formula is C52H84O25. The van der Waals surface area contributed by atoms with E-state index in [1.54, 1.807) is 0 Å². The Morgan fingerprint density at radius 3 is 1.83 bits per heavy atom. The zero-order chi connectivity index (χ0) is 56.6. The van der Waals surface area contributed by atoms with E-state index in [1.807, 2.05) is 34.6 Å². The molecule has 25 nitrogen and oxygen atoms in total. The number of carbonyl (C=O) groups is 1. The van der Waals surface area contributed by atoms with E-state index in [0.717, 1.165) is 5.57 Å². The lowest BCUT2D eigenvalue weighted by Crippen LogP contribution is -2.76. The average molecular weight is 1110 g/mol. The van der Waals surface area contributed by atoms with Crippen LogP contribution in [0.2, 0.25) is 0 Å². The molecular weight excluding hydrogens is 1020 g/mol. The third-order valence-corrected chi connectivity index (χ3v) is 21.1. The topological polar surface area (TPSA) is 415 Å². The molecule has 0 aromatic rings. The van der Waals surface area contributed by atoms with Crippen molar-refractivity contribution in [1.29, 1.82) is 0 Å². The largest absolute Gasteiger partial charge is 0.479 e. The summed E-state index contributed by atoms with van der Waals surface area (Å²) in [6, 6.07) is 0. The van der Waals surface area contributed by atoms with Crippen molar-refractivity contribution in [2.24, 2.45) is 50.2 Å². The van der Waals surface area contributed by atoms with Gasteiger partial charge in [-0.1, -0.05) is 60.1 Å². The highest BCUT2D eigenvalue weighted by atomic mass is 16.8. The first-order valence-corrected chi connectivity index (χ1v) is 27.1. The van der Waals surface area contributed by atoms with Gasteiger partial charge in [-0.05, 0) is 77.9 Å². The van der Waals surface area contributed by atoms with Gasteiger partial charge in [0.05, 0.1) is 62.4 Å². The lowest BCUT2D eigenvalue weighted by molar-refractivity contribution is -0.399. The summed E-state index contributed by atoms with van der Waals surface area (Å²) < 4.78 is 48.3. The van der Waals surface area contributed by atoms with Gasteiger partial charge in [-0.2, -0.15) is 0 Å². The maximum Gasteiger partial charge on any atom is 0.335 e. The second-order valence-electron chi connectivity index (χ2n) is 25.7. The van der Waals surface area contributed by atoms with E-state index in [2.05, 4.69) is 19.9 Å². The van der Waals surface area contributed by atoms with Crippen molar-refractivity contribution >= 4 is 5.97 Å². The van der Waals surface area contributed by atoms with Gasteiger partial charge in [-0.3, -0.25) is 0 Å². The number of carboxylic acids is 1. The molecule has 0 aromatic carbocycles. The number of ether oxygens (including phenoxy) is 8. The first-order valence-electron chi connectivity index (χ1n) is 27.1. The van der Waals surface area contributed by atoms with Crippen LogP contribution < -0.4 is 0 Å². The van der Waals surface area contributed by atoms with Crippen LogP contribution in [0.15, 0.2) is 11.6 Å². The molecule has 0 spiro atoms. The van der Waals surface area contributed by atoms with Gasteiger partial charge in [0.2, 0.25) is 0 Å². The van der Waals surface area contributed by atoms with Crippen molar-refractivity contribution in [3.05, 3.63) is 11.6 Å². The van der Waals surface area contributed by atoms with Crippen LogP contribution in [0.1, 0.15) is 87.0 Å². The Hall–Kier alpha value is -1.71. The maximum absolute atomic E-state index is 13.0. The predicted molar refractivity (Wildman–Crippen MR) is 257 cm³/mol. The van der Waals surface area contributed by atoms with Crippen molar-refractivity contribution in [3.8, 4) is 0 Å². The molecule has 9 aliphatic rings. The Balaban J connectivity index is 1.04. The molecule has 0 bridgehead atoms. The van der Waals surface area contributed by atoms with Crippen molar-refractivity contribution in [2.75, 3.05) is 26.4 Å². The monoisotopic (exact) mass is 1110 g/mol. The summed E-state index contributed by atoms with van der Waals surface area (Å²) in [5.74, 6) is -2.55. The SMILES string of the molecule is CC1(C)C[C@H]2C3=CC[C@@H]4[C@@]5(C)CC[C@H](O[C@@H]6O[C@H](C(=O)O)[C@@H](O)[C@H](O[C@@H]7OC[C@H](O)[C@H](O)[C@H]7O[C@@H]7OC[C@H](O)[C@H](O)[C@H]7O)[C@H]6O[C@@H]6O[C@H](CO)[C@H](O)[C@H](O)[C@H]6O)C(C)(C)C5CC[C@@]4(C)[C@]3(C)[C@@H](O)[C@@H](O)[C@@]2(CO)[C@@H](O)[C@@H]1O. The number of carboxylic acid groups (broad SMARTS) is 1. The normalized spacial score (nSPS) is 55.4. The summed E-state index contributed by atoms with van der Waals surface area (Å²) in [6.45, 7) is 11.3. The molecule has 77 heavy (non-hydrogen) atoms. The maximum atomic E-state index is 13.0. The van der Waals surface area contributed by atoms with Crippen molar-refractivity contribution in [3.63, 3.8) is 0 Å². The van der Waals surface area contributed by atoms with Crippen LogP contribution >= 0.6 is 0 Å². The Labute approximate surface area is 445 Å². The molecule has 4 saturated heterocycles. The third kappa shape index (κ3) is 9.12. The molecule has 9 rings (SSSR count). The molecule has 25 heteroatoms. The van der Waals surface area contributed by atoms with Gasteiger partial charge in [-0.15, -0.1) is 0 Å². The van der Waals surface area contributed by atoms with Gasteiger partial charge in [0, 0.05) is 5.41 Å². The fourth-order valence-electron chi connectivity index (χ4n) is 16.3. The van der Waals surface area contributed by atoms with Crippen LogP contribution in [-0.2, 0) is 42.7 Å². The van der Waals surface area contributed by atoms with Crippen LogP contribution in [0, 0.1) is 50.2 Å². The van der Waals surface area contributed by atoms with Gasteiger partial charge in [0.25, 0.3) is 0 Å². The molecule has 8 fully saturated rings. The van der Waals surface area contributed by atoms with E-state index in [1.165, 1.54) is 0 Å². The van der Waals surface area contributed by atoms with E-state index >= 15 is 0 Å². The Kier molecular flexibility index (Phi) is 16.5. The number of aliphatic hydroxyl groups excluding tert-OH is 15. The summed E-state index contributed by atoms with van der Waals surface area (Å²) in [6.07, 6.45) is -35.4. The van der Waals surface area contributed by atoms with Crippen LogP contribution in [-0.4, -0.2) is 255 Å². The van der Waals surface area contributed by atoms with E-state index in [4.69, 9.17) is 37.9 Å². The minimum Gasteiger partial charge on any atom is -0.479 e. The number of fused-ring (bicyclic) bond motifs is 7. The highest BCUT2D eigenvalue weighted by Crippen LogP contribution is 2.76. The first-order chi connectivity index (χ1) is 35.9. The number of aliphatic hydroxyl groups is 15. The minimum absolute atomic E-state index is 0.121. The van der Waals surface area contributed by atoms with Crippen LogP contribution in [0.4, 0.5) is 0 Å². The number of rotatable bonds is 11. The smallest absolute Gasteiger partial charge is 0.335 e. The quantitative estimate of drug-likeness (QED) is 0.0687. The van der Waals surface area contributed by atoms with Crippen molar-refractivity contribution in [1.82, 2.24) is 0 Å². The van der Waals surface area contributed by atoms with Gasteiger partial charge < -0.3 is 120 Å². The summed E-state index contributed by atoms with van der Waals surface area (Å²) in [5.41, 5.74) is -4.61. The summed E-state index contributed by atoms with van der Waals surface area (Å²) in [5, 5.41) is 177. The van der Waals surface area contributed by atoms with Gasteiger partial charge >= 0.3 is 5.97 Å². The molecule has 4 heterocycles. The van der Waals surface area contributed by atoms with E-state index < -0.39 is 212 Å². The zero-order valence-corrected chi connectivity index (χ0v) is 44.5. The Bertz CT molecular complexity index is 2150. The molecule has 4 saturated carbocycles. The van der Waals surface area contributed by atoms with E-state index in [0.29, 0.717) is 38.5 Å². The standard InChI is InChI=1S/C52H84O25/c1-47(2)14-20-19-8-9-25-49(5)12-11-26(48(3,4)24(49)10-13-50(25,6)51(19,7)39(65)41(67)52(20,18-54)40(66)38(47)64)73-46-37(77-44-32(62)30(60)29(59)23(15-53)72-44)34(33(63)35(75-46)42(68)69)74-45-36(28(58)22(56)17-71-45)76-43-31(61)27(57)21(55)16-70-43/h8,20-41,43-46,53-67H,9-18H2,1-7H3,(H,68,69)/t20-,21-,22-,23+,24?,25+,26-,27-,28-,29-,30-,31+,32+,33-,34-,35-,36+,37+,38-,39-,40-,41+,43-,44-,45-,46+,49-,50+,51-,52+/m0/s1. The van der Waals surface area contributed by atoms with Gasteiger partial charge in [0.1, 0.15) is 79.4 Å². The zero-order valence-electron chi connectivity index (χ0n) is 44.5. The summed E-state index contributed by atoms with van der Waals surface area (Å²) in [4.78, 5) is 13.0. The fraction of sp³-hybridized carbons (Fsp3) is 0.942. The number of hydrogen-bond acceptors (Lipinski definition) is 24. The van der Waals surface area contributed by atoms with Crippen LogP contribution in [0.25, 0.3) is 0 Å². The molecule has 4 aliphatic heterocycles. The van der Waals surface area contributed by atoms with E-state index in [9.17, 15) is 86.5 Å². The van der Waals surface area contributed by atoms with Gasteiger partial charge in [-0.25, -0.2) is 4.79 Å². The summed E-state index contributed by atoms with van der Waals surface area (Å²) >= 11 is 0. The van der Waals surface area contributed by atoms with E-state index in [-0.39, 0.29) is 11.8 Å². The molecule has 0 aromatic heterocycles. The van der Waals surface area contributed by atoms with Crippen LogP contribution in [0.3, 0.4) is 0 Å². The predicted octanol–water partition coefficient (Wildman–Crippen LogP) is -4.31. The van der Waals surface area contributed by atoms with Gasteiger partial charge in [0.15, 0.2) is 31.3 Å². The molecule has 5 aliphatic carbocycles. The highest BCUT2D eigenvalue weighted by Gasteiger charge is 2.75. The number of aliphatic carboxylic acids is 1. The fourth-order valence-corrected chi connectivity index (χ4v) is 16.3. The first kappa shape index (κ1) is 59.9. The third-order valence-electron chi connectivity index (χ3n) is 21.1. The molecule has 1 unspecified atom stereocenters. The molecule has 0 amide bonds. The minimum atomic E-state index is -2.21. The van der Waals surface area contributed by atoms with Crippen molar-refractivity contribution < 1.29 is 124 Å². The number of hydrogen-bond donors (Lipinski definition) is 16. The summed E-state index contributed by atoms with van der Waals surface area (Å²) in [7, 11) is 0. The Morgan fingerprint density at radius 2 is 1.19 bits per heavy atom. The van der Waals surface area contributed by atoms with Crippen molar-refractivity contribution in [2.45, 2.75) is 228 Å². The van der Waals surface area contributed by atoms with Crippen LogP contribution in [0.5, 0.6) is 0 Å². The Morgan fingerprint density at radius 1 is 0.597 bits per heavy atom.